The molecule has 1 aromatic rings. The van der Waals surface area contributed by atoms with Crippen molar-refractivity contribution in [1.82, 2.24) is 9.88 Å². The molecule has 0 bridgehead atoms. The van der Waals surface area contributed by atoms with Gasteiger partial charge in [-0.2, -0.15) is 0 Å². The predicted octanol–water partition coefficient (Wildman–Crippen LogP) is 1.22. The van der Waals surface area contributed by atoms with Gasteiger partial charge in [0, 0.05) is 24.4 Å². The second-order valence-corrected chi connectivity index (χ2v) is 3.59. The molecule has 0 amide bonds. The first kappa shape index (κ1) is 11.7. The molecule has 0 aliphatic heterocycles. The zero-order chi connectivity index (χ0) is 11.3. The number of carbonyl (C=O) groups is 1. The smallest absolute Gasteiger partial charge is 0.213 e. The molecule has 1 heterocycles. The van der Waals surface area contributed by atoms with Gasteiger partial charge in [0.1, 0.15) is 6.61 Å². The minimum atomic E-state index is 0.0161. The van der Waals surface area contributed by atoms with E-state index in [0.29, 0.717) is 18.1 Å². The number of rotatable bonds is 5. The lowest BCUT2D eigenvalue weighted by Crippen LogP contribution is -2.19. The minimum Gasteiger partial charge on any atom is -0.476 e. The van der Waals surface area contributed by atoms with Gasteiger partial charge in [0.15, 0.2) is 5.78 Å². The largest absolute Gasteiger partial charge is 0.476 e. The molecule has 0 N–H and O–H groups in total. The molecular weight excluding hydrogens is 192 g/mol. The van der Waals surface area contributed by atoms with E-state index in [-0.39, 0.29) is 5.78 Å². The van der Waals surface area contributed by atoms with Crippen molar-refractivity contribution in [3.63, 3.8) is 0 Å². The number of Topliss-reactive ketones (excluding diaryl/α,β-unsaturated/α-hetero) is 1. The molecule has 4 nitrogen and oxygen atoms in total. The Morgan fingerprint density at radius 3 is 2.67 bits per heavy atom. The van der Waals surface area contributed by atoms with Gasteiger partial charge in [-0.15, -0.1) is 0 Å². The zero-order valence-electron chi connectivity index (χ0n) is 9.36. The number of hydrogen-bond acceptors (Lipinski definition) is 4. The Labute approximate surface area is 89.9 Å². The van der Waals surface area contributed by atoms with Crippen LogP contribution in [0.4, 0.5) is 0 Å². The van der Waals surface area contributed by atoms with E-state index in [0.717, 1.165) is 6.54 Å². The maximum Gasteiger partial charge on any atom is 0.213 e. The van der Waals surface area contributed by atoms with Gasteiger partial charge >= 0.3 is 0 Å². The third kappa shape index (κ3) is 4.08. The van der Waals surface area contributed by atoms with Gasteiger partial charge in [0.2, 0.25) is 5.88 Å². The van der Waals surface area contributed by atoms with Crippen LogP contribution in [0.2, 0.25) is 0 Å². The molecule has 15 heavy (non-hydrogen) atoms. The Morgan fingerprint density at radius 1 is 1.47 bits per heavy atom. The third-order valence-corrected chi connectivity index (χ3v) is 1.93. The highest BCUT2D eigenvalue weighted by molar-refractivity contribution is 5.93. The fraction of sp³-hybridized carbons (Fsp3) is 0.455. The Kier molecular flexibility index (Phi) is 4.24. The Bertz CT molecular complexity index is 320. The second-order valence-electron chi connectivity index (χ2n) is 3.59. The van der Waals surface area contributed by atoms with Crippen molar-refractivity contribution < 1.29 is 9.53 Å². The summed E-state index contributed by atoms with van der Waals surface area (Å²) in [6, 6.07) is 3.44. The van der Waals surface area contributed by atoms with E-state index < -0.39 is 0 Å². The SMILES string of the molecule is CC(=O)c1ccc(OCCN(C)C)nc1. The molecule has 0 spiro atoms. The molecule has 0 atom stereocenters. The van der Waals surface area contributed by atoms with E-state index in [9.17, 15) is 4.79 Å². The highest BCUT2D eigenvalue weighted by Gasteiger charge is 2.00. The Hall–Kier alpha value is -1.42. The fourth-order valence-electron chi connectivity index (χ4n) is 1.01. The van der Waals surface area contributed by atoms with Crippen LogP contribution in [0.25, 0.3) is 0 Å². The molecule has 0 unspecified atom stereocenters. The van der Waals surface area contributed by atoms with Crippen LogP contribution in [-0.2, 0) is 0 Å². The normalized spacial score (nSPS) is 10.4. The van der Waals surface area contributed by atoms with Gasteiger partial charge in [-0.25, -0.2) is 4.98 Å². The summed E-state index contributed by atoms with van der Waals surface area (Å²) in [5, 5.41) is 0. The van der Waals surface area contributed by atoms with Crippen LogP contribution in [0.15, 0.2) is 18.3 Å². The van der Waals surface area contributed by atoms with Crippen molar-refractivity contribution in [3.05, 3.63) is 23.9 Å². The summed E-state index contributed by atoms with van der Waals surface area (Å²) in [6.45, 7) is 2.96. The average Bonchev–Trinajstić information content (AvgIpc) is 2.18. The Balaban J connectivity index is 2.46. The van der Waals surface area contributed by atoms with Gasteiger partial charge in [-0.3, -0.25) is 4.79 Å². The van der Waals surface area contributed by atoms with Crippen LogP contribution in [0.3, 0.4) is 0 Å². The predicted molar refractivity (Wildman–Crippen MR) is 58.3 cm³/mol. The van der Waals surface area contributed by atoms with Crippen LogP contribution < -0.4 is 4.74 Å². The molecule has 0 saturated heterocycles. The van der Waals surface area contributed by atoms with E-state index in [1.165, 1.54) is 13.1 Å². The summed E-state index contributed by atoms with van der Waals surface area (Å²) < 4.78 is 5.39. The van der Waals surface area contributed by atoms with Gasteiger partial charge in [-0.05, 0) is 27.1 Å². The molecule has 1 aromatic heterocycles. The highest BCUT2D eigenvalue weighted by atomic mass is 16.5. The molecule has 0 saturated carbocycles. The first-order valence-electron chi connectivity index (χ1n) is 4.84. The summed E-state index contributed by atoms with van der Waals surface area (Å²) in [5.41, 5.74) is 0.606. The summed E-state index contributed by atoms with van der Waals surface area (Å²) in [4.78, 5) is 17.0. The van der Waals surface area contributed by atoms with Gasteiger partial charge in [0.25, 0.3) is 0 Å². The molecule has 4 heteroatoms. The van der Waals surface area contributed by atoms with E-state index in [1.54, 1.807) is 12.1 Å². The topological polar surface area (TPSA) is 42.4 Å². The lowest BCUT2D eigenvalue weighted by atomic mass is 10.2. The zero-order valence-corrected chi connectivity index (χ0v) is 9.36. The maximum atomic E-state index is 11.0. The lowest BCUT2D eigenvalue weighted by molar-refractivity contribution is 0.101. The summed E-state index contributed by atoms with van der Waals surface area (Å²) in [7, 11) is 3.96. The lowest BCUT2D eigenvalue weighted by Gasteiger charge is -2.10. The van der Waals surface area contributed by atoms with Crippen molar-refractivity contribution in [2.24, 2.45) is 0 Å². The third-order valence-electron chi connectivity index (χ3n) is 1.93. The van der Waals surface area contributed by atoms with Gasteiger partial charge in [-0.1, -0.05) is 0 Å². The number of nitrogens with zero attached hydrogens (tertiary/aromatic N) is 2. The fourth-order valence-corrected chi connectivity index (χ4v) is 1.01. The molecular formula is C11H16N2O2. The van der Waals surface area contributed by atoms with Crippen LogP contribution in [0.1, 0.15) is 17.3 Å². The monoisotopic (exact) mass is 208 g/mol. The van der Waals surface area contributed by atoms with Gasteiger partial charge < -0.3 is 9.64 Å². The first-order chi connectivity index (χ1) is 7.09. The van der Waals surface area contributed by atoms with Crippen molar-refractivity contribution in [2.45, 2.75) is 6.92 Å². The van der Waals surface area contributed by atoms with Crippen molar-refractivity contribution >= 4 is 5.78 Å². The second kappa shape index (κ2) is 5.46. The van der Waals surface area contributed by atoms with E-state index in [2.05, 4.69) is 4.98 Å². The van der Waals surface area contributed by atoms with E-state index >= 15 is 0 Å². The molecule has 1 rings (SSSR count). The molecule has 82 valence electrons. The molecule has 0 aliphatic rings. The van der Waals surface area contributed by atoms with Crippen LogP contribution in [0.5, 0.6) is 5.88 Å². The summed E-state index contributed by atoms with van der Waals surface area (Å²) in [6.07, 6.45) is 1.54. The number of carbonyl (C=O) groups excluding carboxylic acids is 1. The van der Waals surface area contributed by atoms with Crippen LogP contribution in [0, 0.1) is 0 Å². The summed E-state index contributed by atoms with van der Waals surface area (Å²) >= 11 is 0. The molecule has 0 aromatic carbocycles. The number of likely N-dealkylation sites (N-methyl/N-ethyl adjacent to an activating group) is 1. The van der Waals surface area contributed by atoms with Crippen LogP contribution >= 0.6 is 0 Å². The molecule has 0 aliphatic carbocycles. The number of pyridine rings is 1. The number of aromatic nitrogens is 1. The van der Waals surface area contributed by atoms with E-state index in [1.807, 2.05) is 19.0 Å². The minimum absolute atomic E-state index is 0.0161. The van der Waals surface area contributed by atoms with E-state index in [4.69, 9.17) is 4.74 Å². The highest BCUT2D eigenvalue weighted by Crippen LogP contribution is 2.07. The van der Waals surface area contributed by atoms with Crippen LogP contribution in [-0.4, -0.2) is 42.9 Å². The van der Waals surface area contributed by atoms with Crippen molar-refractivity contribution in [1.29, 1.82) is 0 Å². The summed E-state index contributed by atoms with van der Waals surface area (Å²) in [5.74, 6) is 0.573. The first-order valence-corrected chi connectivity index (χ1v) is 4.84. The Morgan fingerprint density at radius 2 is 2.20 bits per heavy atom. The quantitative estimate of drug-likeness (QED) is 0.682. The molecule has 0 radical (unpaired) electrons. The molecule has 0 fully saturated rings. The number of ether oxygens (including phenoxy) is 1. The van der Waals surface area contributed by atoms with Gasteiger partial charge in [0.05, 0.1) is 0 Å². The van der Waals surface area contributed by atoms with Crippen molar-refractivity contribution in [3.8, 4) is 5.88 Å². The standard InChI is InChI=1S/C11H16N2O2/c1-9(14)10-4-5-11(12-8-10)15-7-6-13(2)3/h4-5,8H,6-7H2,1-3H3. The average molecular weight is 208 g/mol. The number of ketones is 1. The van der Waals surface area contributed by atoms with Crippen molar-refractivity contribution in [2.75, 3.05) is 27.2 Å². The maximum absolute atomic E-state index is 11.0. The number of hydrogen-bond donors (Lipinski definition) is 0.